The normalized spacial score (nSPS) is 16.0. The largest absolute Gasteiger partial charge is 0.493 e. The van der Waals surface area contributed by atoms with E-state index in [2.05, 4.69) is 5.32 Å². The summed E-state index contributed by atoms with van der Waals surface area (Å²) < 4.78 is 16.2. The Morgan fingerprint density at radius 2 is 1.93 bits per heavy atom. The van der Waals surface area contributed by atoms with Crippen LogP contribution >= 0.6 is 0 Å². The lowest BCUT2D eigenvalue weighted by molar-refractivity contribution is -0.138. The third-order valence-corrected chi connectivity index (χ3v) is 4.44. The number of rotatable bonds is 7. The predicted octanol–water partition coefficient (Wildman–Crippen LogP) is 2.34. The molecule has 1 aliphatic heterocycles. The van der Waals surface area contributed by atoms with Crippen LogP contribution in [0.3, 0.4) is 0 Å². The molecule has 0 saturated heterocycles. The SMILES string of the molecule is COc1ccc([C@@H](CC(=O)O)NC(=O)[C@H]2Cc3ccccc3O2)cc1OC. The first-order valence-electron chi connectivity index (χ1n) is 8.50. The lowest BCUT2D eigenvalue weighted by Crippen LogP contribution is -2.40. The number of benzene rings is 2. The lowest BCUT2D eigenvalue weighted by Gasteiger charge is -2.21. The number of methoxy groups -OCH3 is 2. The van der Waals surface area contributed by atoms with Crippen LogP contribution in [0.15, 0.2) is 42.5 Å². The van der Waals surface area contributed by atoms with Crippen LogP contribution in [-0.2, 0) is 16.0 Å². The standard InChI is InChI=1S/C20H21NO6/c1-25-16-8-7-12(9-17(16)26-2)14(11-19(22)23)21-20(24)18-10-13-5-3-4-6-15(13)27-18/h3-9,14,18H,10-11H2,1-2H3,(H,21,24)(H,22,23)/t14-,18-/m1/s1. The fraction of sp³-hybridized carbons (Fsp3) is 0.300. The highest BCUT2D eigenvalue weighted by Crippen LogP contribution is 2.32. The maximum atomic E-state index is 12.7. The monoisotopic (exact) mass is 371 g/mol. The third kappa shape index (κ3) is 4.13. The molecule has 0 aliphatic carbocycles. The van der Waals surface area contributed by atoms with Gasteiger partial charge < -0.3 is 24.6 Å². The average molecular weight is 371 g/mol. The van der Waals surface area contributed by atoms with E-state index in [0.29, 0.717) is 29.2 Å². The Morgan fingerprint density at radius 1 is 1.19 bits per heavy atom. The maximum absolute atomic E-state index is 12.7. The Balaban J connectivity index is 1.78. The molecule has 27 heavy (non-hydrogen) atoms. The number of hydrogen-bond acceptors (Lipinski definition) is 5. The quantitative estimate of drug-likeness (QED) is 0.776. The number of para-hydroxylation sites is 1. The van der Waals surface area contributed by atoms with Crippen LogP contribution in [0.2, 0.25) is 0 Å². The molecule has 3 rings (SSSR count). The number of fused-ring (bicyclic) bond motifs is 1. The van der Waals surface area contributed by atoms with E-state index in [9.17, 15) is 14.7 Å². The summed E-state index contributed by atoms with van der Waals surface area (Å²) in [5.41, 5.74) is 1.57. The van der Waals surface area contributed by atoms with E-state index >= 15 is 0 Å². The second kappa shape index (κ2) is 7.99. The van der Waals surface area contributed by atoms with Crippen molar-refractivity contribution < 1.29 is 28.9 Å². The van der Waals surface area contributed by atoms with Crippen molar-refractivity contribution in [3.8, 4) is 17.2 Å². The number of amides is 1. The summed E-state index contributed by atoms with van der Waals surface area (Å²) in [5, 5.41) is 12.0. The van der Waals surface area contributed by atoms with Gasteiger partial charge in [-0.2, -0.15) is 0 Å². The molecule has 142 valence electrons. The highest BCUT2D eigenvalue weighted by atomic mass is 16.5. The van der Waals surface area contributed by atoms with Crippen LogP contribution in [0.4, 0.5) is 0 Å². The molecular weight excluding hydrogens is 350 g/mol. The molecule has 7 nitrogen and oxygen atoms in total. The number of aliphatic carboxylic acids is 1. The first kappa shape index (κ1) is 18.6. The Kier molecular flexibility index (Phi) is 5.49. The number of carbonyl (C=O) groups excluding carboxylic acids is 1. The minimum Gasteiger partial charge on any atom is -0.493 e. The maximum Gasteiger partial charge on any atom is 0.305 e. The van der Waals surface area contributed by atoms with Gasteiger partial charge in [0.25, 0.3) is 5.91 Å². The van der Waals surface area contributed by atoms with Crippen molar-refractivity contribution in [1.82, 2.24) is 5.32 Å². The van der Waals surface area contributed by atoms with Gasteiger partial charge in [-0.3, -0.25) is 9.59 Å². The van der Waals surface area contributed by atoms with Crippen LogP contribution in [0.5, 0.6) is 17.2 Å². The number of carboxylic acid groups (broad SMARTS) is 1. The highest BCUT2D eigenvalue weighted by Gasteiger charge is 2.31. The van der Waals surface area contributed by atoms with Gasteiger partial charge in [0.2, 0.25) is 0 Å². The van der Waals surface area contributed by atoms with Gasteiger partial charge in [0, 0.05) is 6.42 Å². The van der Waals surface area contributed by atoms with Gasteiger partial charge in [-0.05, 0) is 29.3 Å². The highest BCUT2D eigenvalue weighted by molar-refractivity contribution is 5.83. The molecule has 2 aromatic carbocycles. The number of carboxylic acids is 1. The van der Waals surface area contributed by atoms with E-state index in [1.54, 1.807) is 18.2 Å². The van der Waals surface area contributed by atoms with Gasteiger partial charge >= 0.3 is 5.97 Å². The van der Waals surface area contributed by atoms with Crippen LogP contribution in [-0.4, -0.2) is 37.3 Å². The van der Waals surface area contributed by atoms with Gasteiger partial charge in [0.15, 0.2) is 17.6 Å². The molecule has 0 aromatic heterocycles. The topological polar surface area (TPSA) is 94.1 Å². The van der Waals surface area contributed by atoms with Gasteiger partial charge in [0.05, 0.1) is 26.7 Å². The van der Waals surface area contributed by atoms with E-state index in [1.807, 2.05) is 24.3 Å². The molecule has 1 amide bonds. The van der Waals surface area contributed by atoms with Crippen LogP contribution in [0.1, 0.15) is 23.6 Å². The van der Waals surface area contributed by atoms with Crippen molar-refractivity contribution in [2.24, 2.45) is 0 Å². The van der Waals surface area contributed by atoms with Crippen molar-refractivity contribution in [3.05, 3.63) is 53.6 Å². The van der Waals surface area contributed by atoms with E-state index in [-0.39, 0.29) is 12.3 Å². The second-order valence-electron chi connectivity index (χ2n) is 6.19. The zero-order valence-corrected chi connectivity index (χ0v) is 15.1. The lowest BCUT2D eigenvalue weighted by atomic mass is 10.0. The summed E-state index contributed by atoms with van der Waals surface area (Å²) in [5.74, 6) is 0.289. The zero-order chi connectivity index (χ0) is 19.4. The van der Waals surface area contributed by atoms with Gasteiger partial charge in [-0.1, -0.05) is 24.3 Å². The molecule has 1 heterocycles. The Morgan fingerprint density at radius 3 is 2.59 bits per heavy atom. The molecule has 0 saturated carbocycles. The van der Waals surface area contributed by atoms with Crippen molar-refractivity contribution in [3.63, 3.8) is 0 Å². The summed E-state index contributed by atoms with van der Waals surface area (Å²) in [6.45, 7) is 0. The number of carbonyl (C=O) groups is 2. The van der Waals surface area contributed by atoms with E-state index in [0.717, 1.165) is 5.56 Å². The predicted molar refractivity (Wildman–Crippen MR) is 97.2 cm³/mol. The number of nitrogens with one attached hydrogen (secondary N) is 1. The molecule has 0 unspecified atom stereocenters. The number of hydrogen-bond donors (Lipinski definition) is 2. The summed E-state index contributed by atoms with van der Waals surface area (Å²) in [4.78, 5) is 24.0. The van der Waals surface area contributed by atoms with E-state index < -0.39 is 18.1 Å². The first-order valence-corrected chi connectivity index (χ1v) is 8.50. The minimum atomic E-state index is -1.02. The summed E-state index contributed by atoms with van der Waals surface area (Å²) >= 11 is 0. The molecule has 7 heteroatoms. The molecule has 0 bridgehead atoms. The molecule has 2 aromatic rings. The van der Waals surface area contributed by atoms with Crippen molar-refractivity contribution in [1.29, 1.82) is 0 Å². The van der Waals surface area contributed by atoms with Crippen molar-refractivity contribution >= 4 is 11.9 Å². The third-order valence-electron chi connectivity index (χ3n) is 4.44. The van der Waals surface area contributed by atoms with E-state index in [4.69, 9.17) is 14.2 Å². The Hall–Kier alpha value is -3.22. The molecule has 0 fully saturated rings. The summed E-state index contributed by atoms with van der Waals surface area (Å²) in [6.07, 6.45) is -0.493. The fourth-order valence-electron chi connectivity index (χ4n) is 3.09. The van der Waals surface area contributed by atoms with E-state index in [1.165, 1.54) is 14.2 Å². The first-order chi connectivity index (χ1) is 13.0. The molecule has 2 atom stereocenters. The average Bonchev–Trinajstić information content (AvgIpc) is 3.11. The fourth-order valence-corrected chi connectivity index (χ4v) is 3.09. The van der Waals surface area contributed by atoms with Crippen molar-refractivity contribution in [2.75, 3.05) is 14.2 Å². The van der Waals surface area contributed by atoms with Crippen molar-refractivity contribution in [2.45, 2.75) is 25.0 Å². The summed E-state index contributed by atoms with van der Waals surface area (Å²) in [6, 6.07) is 11.8. The molecule has 0 radical (unpaired) electrons. The van der Waals surface area contributed by atoms with Crippen LogP contribution < -0.4 is 19.5 Å². The Bertz CT molecular complexity index is 825. The number of ether oxygens (including phenoxy) is 3. The van der Waals surface area contributed by atoms with Gasteiger partial charge in [-0.25, -0.2) is 0 Å². The molecular formula is C20H21NO6. The summed E-state index contributed by atoms with van der Waals surface area (Å²) in [7, 11) is 3.01. The minimum absolute atomic E-state index is 0.263. The van der Waals surface area contributed by atoms with Crippen LogP contribution in [0.25, 0.3) is 0 Å². The molecule has 2 N–H and O–H groups in total. The van der Waals surface area contributed by atoms with Gasteiger partial charge in [0.1, 0.15) is 5.75 Å². The van der Waals surface area contributed by atoms with Gasteiger partial charge in [-0.15, -0.1) is 0 Å². The zero-order valence-electron chi connectivity index (χ0n) is 15.1. The second-order valence-corrected chi connectivity index (χ2v) is 6.19. The molecule has 0 spiro atoms. The molecule has 1 aliphatic rings. The smallest absolute Gasteiger partial charge is 0.305 e. The van der Waals surface area contributed by atoms with Crippen LogP contribution in [0, 0.1) is 0 Å². The Labute approximate surface area is 156 Å².